The van der Waals surface area contributed by atoms with Gasteiger partial charge in [-0.1, -0.05) is 11.3 Å². The van der Waals surface area contributed by atoms with Crippen LogP contribution in [-0.4, -0.2) is 40.8 Å². The van der Waals surface area contributed by atoms with Gasteiger partial charge in [-0.05, 0) is 0 Å². The molecule has 0 radical (unpaired) electrons. The molecule has 2 aromatic rings. The van der Waals surface area contributed by atoms with Gasteiger partial charge < -0.3 is 10.2 Å². The van der Waals surface area contributed by atoms with E-state index in [1.165, 1.54) is 15.9 Å². The van der Waals surface area contributed by atoms with Crippen LogP contribution in [0.1, 0.15) is 0 Å². The van der Waals surface area contributed by atoms with E-state index in [-0.39, 0.29) is 5.56 Å². The molecule has 3 heterocycles. The van der Waals surface area contributed by atoms with E-state index in [1.54, 1.807) is 11.6 Å². The molecule has 0 atom stereocenters. The normalized spacial score (nSPS) is 16.9. The third-order valence-corrected chi connectivity index (χ3v) is 3.29. The molecule has 1 aliphatic rings. The van der Waals surface area contributed by atoms with E-state index in [9.17, 15) is 4.79 Å². The molecule has 3 rings (SSSR count). The second-order valence-corrected chi connectivity index (χ2v) is 4.43. The van der Waals surface area contributed by atoms with Gasteiger partial charge in [0, 0.05) is 32.2 Å². The summed E-state index contributed by atoms with van der Waals surface area (Å²) in [7, 11) is 0. The molecule has 6 nitrogen and oxygen atoms in total. The molecule has 2 aromatic heterocycles. The quantitative estimate of drug-likeness (QED) is 0.728. The lowest BCUT2D eigenvalue weighted by Gasteiger charge is -2.27. The van der Waals surface area contributed by atoms with Crippen LogP contribution in [0.25, 0.3) is 4.96 Å². The van der Waals surface area contributed by atoms with Gasteiger partial charge in [-0.15, -0.1) is 0 Å². The molecule has 0 unspecified atom stereocenters. The summed E-state index contributed by atoms with van der Waals surface area (Å²) in [5.41, 5.74) is 1.52. The standard InChI is InChI=1S/C9H11N5OS/c15-8-5-7(13-3-1-10-2-4-13)12-9-14(8)11-6-16-9/h5-6,10H,1-4H2. The van der Waals surface area contributed by atoms with Gasteiger partial charge >= 0.3 is 0 Å². The van der Waals surface area contributed by atoms with Crippen LogP contribution < -0.4 is 15.8 Å². The first-order valence-corrected chi connectivity index (χ1v) is 6.02. The molecule has 84 valence electrons. The maximum atomic E-state index is 11.7. The lowest BCUT2D eigenvalue weighted by molar-refractivity contribution is 0.584. The smallest absolute Gasteiger partial charge is 0.277 e. The maximum absolute atomic E-state index is 11.7. The van der Waals surface area contributed by atoms with Crippen molar-refractivity contribution in [3.8, 4) is 0 Å². The lowest BCUT2D eigenvalue weighted by Crippen LogP contribution is -2.44. The minimum absolute atomic E-state index is 0.111. The van der Waals surface area contributed by atoms with Crippen molar-refractivity contribution in [3.63, 3.8) is 0 Å². The minimum atomic E-state index is -0.111. The summed E-state index contributed by atoms with van der Waals surface area (Å²) < 4.78 is 1.33. The molecule has 1 aliphatic heterocycles. The fourth-order valence-electron chi connectivity index (χ4n) is 1.80. The monoisotopic (exact) mass is 237 g/mol. The van der Waals surface area contributed by atoms with Crippen molar-refractivity contribution < 1.29 is 0 Å². The molecule has 1 fully saturated rings. The van der Waals surface area contributed by atoms with E-state index < -0.39 is 0 Å². The third kappa shape index (κ3) is 1.57. The number of fused-ring (bicyclic) bond motifs is 1. The first kappa shape index (κ1) is 9.73. The Morgan fingerprint density at radius 2 is 2.19 bits per heavy atom. The fourth-order valence-corrected chi connectivity index (χ4v) is 2.42. The van der Waals surface area contributed by atoms with Gasteiger partial charge in [0.2, 0.25) is 4.96 Å². The second-order valence-electron chi connectivity index (χ2n) is 3.62. The summed E-state index contributed by atoms with van der Waals surface area (Å²) in [6.45, 7) is 3.65. The molecule has 0 aromatic carbocycles. The Hall–Kier alpha value is -1.47. The number of aromatic nitrogens is 3. The number of hydrogen-bond donors (Lipinski definition) is 1. The average Bonchev–Trinajstić information content (AvgIpc) is 2.79. The number of hydrogen-bond acceptors (Lipinski definition) is 6. The first-order valence-electron chi connectivity index (χ1n) is 5.14. The van der Waals surface area contributed by atoms with E-state index in [0.717, 1.165) is 32.0 Å². The summed E-state index contributed by atoms with van der Waals surface area (Å²) in [4.78, 5) is 18.9. The Balaban J connectivity index is 2.06. The zero-order valence-corrected chi connectivity index (χ0v) is 9.40. The lowest BCUT2D eigenvalue weighted by atomic mass is 10.3. The van der Waals surface area contributed by atoms with E-state index >= 15 is 0 Å². The molecule has 0 amide bonds. The van der Waals surface area contributed by atoms with Crippen LogP contribution >= 0.6 is 11.3 Å². The van der Waals surface area contributed by atoms with Crippen molar-refractivity contribution in [3.05, 3.63) is 21.9 Å². The zero-order valence-electron chi connectivity index (χ0n) is 8.59. The molecule has 0 aliphatic carbocycles. The molecular weight excluding hydrogens is 226 g/mol. The Morgan fingerprint density at radius 3 is 3.00 bits per heavy atom. The van der Waals surface area contributed by atoms with E-state index in [0.29, 0.717) is 4.96 Å². The maximum Gasteiger partial charge on any atom is 0.277 e. The van der Waals surface area contributed by atoms with Crippen molar-refractivity contribution in [2.45, 2.75) is 0 Å². The highest BCUT2D eigenvalue weighted by atomic mass is 32.1. The number of nitrogens with one attached hydrogen (secondary N) is 1. The van der Waals surface area contributed by atoms with Gasteiger partial charge in [0.1, 0.15) is 11.3 Å². The Labute approximate surface area is 95.5 Å². The summed E-state index contributed by atoms with van der Waals surface area (Å²) in [5, 5.41) is 7.20. The number of rotatable bonds is 1. The minimum Gasteiger partial charge on any atom is -0.354 e. The third-order valence-electron chi connectivity index (χ3n) is 2.61. The van der Waals surface area contributed by atoms with Gasteiger partial charge in [-0.2, -0.15) is 9.61 Å². The van der Waals surface area contributed by atoms with Crippen LogP contribution in [-0.2, 0) is 0 Å². The van der Waals surface area contributed by atoms with Gasteiger partial charge in [0.05, 0.1) is 0 Å². The fraction of sp³-hybridized carbons (Fsp3) is 0.444. The second kappa shape index (κ2) is 3.84. The SMILES string of the molecule is O=c1cc(N2CCNCC2)nc2scnn12. The van der Waals surface area contributed by atoms with Crippen LogP contribution in [0, 0.1) is 0 Å². The number of anilines is 1. The molecule has 1 N–H and O–H groups in total. The molecule has 1 saturated heterocycles. The number of nitrogens with zero attached hydrogens (tertiary/aromatic N) is 4. The predicted octanol–water partition coefficient (Wildman–Crippen LogP) is -0.439. The largest absolute Gasteiger partial charge is 0.354 e. The Bertz CT molecular complexity index is 556. The summed E-state index contributed by atoms with van der Waals surface area (Å²) in [6.07, 6.45) is 0. The van der Waals surface area contributed by atoms with Crippen LogP contribution in [0.2, 0.25) is 0 Å². The highest BCUT2D eigenvalue weighted by Crippen LogP contribution is 2.12. The molecule has 0 bridgehead atoms. The van der Waals surface area contributed by atoms with Crippen LogP contribution in [0.5, 0.6) is 0 Å². The molecular formula is C9H11N5OS. The van der Waals surface area contributed by atoms with E-state index in [1.807, 2.05) is 0 Å². The Kier molecular flexibility index (Phi) is 2.33. The molecule has 16 heavy (non-hydrogen) atoms. The molecule has 0 saturated carbocycles. The summed E-state index contributed by atoms with van der Waals surface area (Å²) in [6, 6.07) is 1.55. The van der Waals surface area contributed by atoms with Crippen LogP contribution in [0.4, 0.5) is 5.82 Å². The van der Waals surface area contributed by atoms with Crippen molar-refractivity contribution in [1.29, 1.82) is 0 Å². The summed E-state index contributed by atoms with van der Waals surface area (Å²) in [5.74, 6) is 0.760. The zero-order chi connectivity index (χ0) is 11.0. The predicted molar refractivity (Wildman–Crippen MR) is 62.2 cm³/mol. The molecule has 7 heteroatoms. The van der Waals surface area contributed by atoms with Crippen molar-refractivity contribution in [1.82, 2.24) is 19.9 Å². The van der Waals surface area contributed by atoms with Gasteiger partial charge in [0.15, 0.2) is 0 Å². The van der Waals surface area contributed by atoms with Gasteiger partial charge in [0.25, 0.3) is 5.56 Å². The van der Waals surface area contributed by atoms with Crippen molar-refractivity contribution in [2.75, 3.05) is 31.1 Å². The van der Waals surface area contributed by atoms with Gasteiger partial charge in [-0.3, -0.25) is 4.79 Å². The van der Waals surface area contributed by atoms with Gasteiger partial charge in [-0.25, -0.2) is 4.98 Å². The Morgan fingerprint density at radius 1 is 1.38 bits per heavy atom. The van der Waals surface area contributed by atoms with Crippen LogP contribution in [0.15, 0.2) is 16.4 Å². The highest BCUT2D eigenvalue weighted by molar-refractivity contribution is 7.14. The van der Waals surface area contributed by atoms with Crippen molar-refractivity contribution >= 4 is 22.1 Å². The highest BCUT2D eigenvalue weighted by Gasteiger charge is 2.13. The first-order chi connectivity index (χ1) is 7.84. The van der Waals surface area contributed by atoms with Crippen molar-refractivity contribution in [2.24, 2.45) is 0 Å². The topological polar surface area (TPSA) is 62.5 Å². The van der Waals surface area contributed by atoms with E-state index in [4.69, 9.17) is 0 Å². The summed E-state index contributed by atoms with van der Waals surface area (Å²) >= 11 is 1.38. The van der Waals surface area contributed by atoms with E-state index in [2.05, 4.69) is 20.3 Å². The van der Waals surface area contributed by atoms with Crippen LogP contribution in [0.3, 0.4) is 0 Å². The molecule has 0 spiro atoms. The number of piperazine rings is 1. The average molecular weight is 237 g/mol.